The Labute approximate surface area is 110 Å². The van der Waals surface area contributed by atoms with Crippen molar-refractivity contribution in [2.75, 3.05) is 6.54 Å². The number of amides is 1. The Balaban J connectivity index is 0.00000144. The molecule has 2 fully saturated rings. The predicted molar refractivity (Wildman–Crippen MR) is 72.1 cm³/mol. The van der Waals surface area contributed by atoms with Gasteiger partial charge in [-0.15, -0.1) is 12.4 Å². The average molecular weight is 261 g/mol. The van der Waals surface area contributed by atoms with E-state index in [1.54, 1.807) is 0 Å². The van der Waals surface area contributed by atoms with Crippen molar-refractivity contribution in [1.82, 2.24) is 5.32 Å². The van der Waals surface area contributed by atoms with Crippen molar-refractivity contribution in [3.05, 3.63) is 0 Å². The molecule has 2 rings (SSSR count). The topological polar surface area (TPSA) is 55.1 Å². The maximum Gasteiger partial charge on any atom is 0.226 e. The summed E-state index contributed by atoms with van der Waals surface area (Å²) in [6, 6.07) is 0.343. The third-order valence-electron chi connectivity index (χ3n) is 4.53. The summed E-state index contributed by atoms with van der Waals surface area (Å²) in [4.78, 5) is 12.2. The molecule has 0 bridgehead atoms. The normalized spacial score (nSPS) is 30.9. The molecule has 2 saturated carbocycles. The van der Waals surface area contributed by atoms with E-state index in [-0.39, 0.29) is 23.7 Å². The Morgan fingerprint density at radius 2 is 1.94 bits per heavy atom. The number of nitrogens with two attached hydrogens (primary N) is 1. The van der Waals surface area contributed by atoms with Crippen molar-refractivity contribution in [3.8, 4) is 0 Å². The summed E-state index contributed by atoms with van der Waals surface area (Å²) in [6.07, 6.45) is 8.02. The zero-order chi connectivity index (χ0) is 11.6. The zero-order valence-electron chi connectivity index (χ0n) is 10.7. The molecule has 4 heteroatoms. The molecule has 17 heavy (non-hydrogen) atoms. The van der Waals surface area contributed by atoms with Crippen molar-refractivity contribution in [1.29, 1.82) is 0 Å². The first kappa shape index (κ1) is 14.8. The van der Waals surface area contributed by atoms with E-state index in [2.05, 4.69) is 12.2 Å². The van der Waals surface area contributed by atoms with Crippen LogP contribution in [0.4, 0.5) is 0 Å². The van der Waals surface area contributed by atoms with E-state index >= 15 is 0 Å². The number of nitrogens with one attached hydrogen (secondary N) is 1. The number of hydrogen-bond donors (Lipinski definition) is 2. The Morgan fingerprint density at radius 1 is 1.29 bits per heavy atom. The molecule has 2 atom stereocenters. The molecule has 100 valence electrons. The van der Waals surface area contributed by atoms with Crippen molar-refractivity contribution < 1.29 is 4.79 Å². The van der Waals surface area contributed by atoms with E-state index in [9.17, 15) is 4.79 Å². The van der Waals surface area contributed by atoms with E-state index in [0.717, 1.165) is 19.3 Å². The highest BCUT2D eigenvalue weighted by Crippen LogP contribution is 2.38. The Bertz CT molecular complexity index is 264. The van der Waals surface area contributed by atoms with Gasteiger partial charge in [-0.1, -0.05) is 26.2 Å². The van der Waals surface area contributed by atoms with Gasteiger partial charge in [0.2, 0.25) is 5.91 Å². The Kier molecular flexibility index (Phi) is 5.26. The summed E-state index contributed by atoms with van der Waals surface area (Å²) >= 11 is 0. The Hall–Kier alpha value is -0.280. The lowest BCUT2D eigenvalue weighted by atomic mass is 9.87. The van der Waals surface area contributed by atoms with Crippen molar-refractivity contribution >= 4 is 18.3 Å². The molecule has 3 nitrogen and oxygen atoms in total. The summed E-state index contributed by atoms with van der Waals surface area (Å²) in [6.45, 7) is 2.82. The lowest BCUT2D eigenvalue weighted by Crippen LogP contribution is -2.45. The lowest BCUT2D eigenvalue weighted by molar-refractivity contribution is -0.130. The second kappa shape index (κ2) is 6.05. The van der Waals surface area contributed by atoms with Crippen LogP contribution in [-0.2, 0) is 4.79 Å². The van der Waals surface area contributed by atoms with Crippen LogP contribution in [0.25, 0.3) is 0 Å². The van der Waals surface area contributed by atoms with Crippen molar-refractivity contribution in [2.45, 2.75) is 57.9 Å². The second-order valence-electron chi connectivity index (χ2n) is 5.77. The van der Waals surface area contributed by atoms with Crippen LogP contribution in [-0.4, -0.2) is 18.5 Å². The first-order valence-electron chi connectivity index (χ1n) is 6.67. The number of halogens is 1. The van der Waals surface area contributed by atoms with Crippen LogP contribution in [0.3, 0.4) is 0 Å². The molecule has 3 N–H and O–H groups in total. The molecule has 0 aliphatic heterocycles. The van der Waals surface area contributed by atoms with E-state index in [4.69, 9.17) is 5.73 Å². The third kappa shape index (κ3) is 3.14. The van der Waals surface area contributed by atoms with Gasteiger partial charge in [0.1, 0.15) is 0 Å². The van der Waals surface area contributed by atoms with Crippen LogP contribution >= 0.6 is 12.4 Å². The first-order valence-corrected chi connectivity index (χ1v) is 6.67. The fourth-order valence-corrected chi connectivity index (χ4v) is 3.23. The van der Waals surface area contributed by atoms with Gasteiger partial charge in [0.05, 0.1) is 0 Å². The highest BCUT2D eigenvalue weighted by molar-refractivity contribution is 5.85. The number of rotatable bonds is 3. The number of carbonyl (C=O) groups excluding carboxylic acids is 1. The minimum atomic E-state index is -0.0955. The monoisotopic (exact) mass is 260 g/mol. The highest BCUT2D eigenvalue weighted by atomic mass is 35.5. The highest BCUT2D eigenvalue weighted by Gasteiger charge is 2.38. The van der Waals surface area contributed by atoms with Gasteiger partial charge in [-0.2, -0.15) is 0 Å². The molecule has 2 aliphatic carbocycles. The standard InChI is InChI=1S/C13H24N2O.ClH/c1-13(7-2-3-8-13)12(16)15-11-6-4-5-10(11)9-14;/h10-11H,2-9,14H2,1H3,(H,15,16);1H. The first-order chi connectivity index (χ1) is 7.65. The molecule has 0 saturated heterocycles. The molecule has 0 heterocycles. The molecule has 0 radical (unpaired) electrons. The van der Waals surface area contributed by atoms with E-state index in [1.807, 2.05) is 0 Å². The van der Waals surface area contributed by atoms with Gasteiger partial charge in [-0.25, -0.2) is 0 Å². The zero-order valence-corrected chi connectivity index (χ0v) is 11.5. The molecule has 0 aromatic carbocycles. The average Bonchev–Trinajstić information content (AvgIpc) is 2.87. The van der Waals surface area contributed by atoms with E-state index in [1.165, 1.54) is 25.7 Å². The minimum absolute atomic E-state index is 0. The van der Waals surface area contributed by atoms with Gasteiger partial charge < -0.3 is 11.1 Å². The summed E-state index contributed by atoms with van der Waals surface area (Å²) in [5, 5.41) is 3.24. The molecule has 0 aromatic heterocycles. The summed E-state index contributed by atoms with van der Waals surface area (Å²) in [7, 11) is 0. The van der Waals surface area contributed by atoms with Crippen LogP contribution in [0.15, 0.2) is 0 Å². The second-order valence-corrected chi connectivity index (χ2v) is 5.77. The maximum absolute atomic E-state index is 12.2. The molecular weight excluding hydrogens is 236 g/mol. The van der Waals surface area contributed by atoms with Gasteiger partial charge in [0, 0.05) is 11.5 Å². The quantitative estimate of drug-likeness (QED) is 0.818. The summed E-state index contributed by atoms with van der Waals surface area (Å²) in [5.41, 5.74) is 5.64. The van der Waals surface area contributed by atoms with Gasteiger partial charge >= 0.3 is 0 Å². The molecule has 0 aromatic rings. The van der Waals surface area contributed by atoms with Crippen molar-refractivity contribution in [3.63, 3.8) is 0 Å². The van der Waals surface area contributed by atoms with E-state index in [0.29, 0.717) is 18.5 Å². The van der Waals surface area contributed by atoms with Crippen LogP contribution in [0.1, 0.15) is 51.9 Å². The summed E-state index contributed by atoms with van der Waals surface area (Å²) < 4.78 is 0. The number of hydrogen-bond acceptors (Lipinski definition) is 2. The largest absolute Gasteiger partial charge is 0.353 e. The summed E-state index contributed by atoms with van der Waals surface area (Å²) in [5.74, 6) is 0.782. The Morgan fingerprint density at radius 3 is 2.53 bits per heavy atom. The van der Waals surface area contributed by atoms with E-state index < -0.39 is 0 Å². The van der Waals surface area contributed by atoms with Crippen LogP contribution in [0.2, 0.25) is 0 Å². The molecule has 2 unspecified atom stereocenters. The minimum Gasteiger partial charge on any atom is -0.353 e. The van der Waals surface area contributed by atoms with Crippen LogP contribution < -0.4 is 11.1 Å². The van der Waals surface area contributed by atoms with Gasteiger partial charge in [0.15, 0.2) is 0 Å². The van der Waals surface area contributed by atoms with Crippen LogP contribution in [0, 0.1) is 11.3 Å². The fraction of sp³-hybridized carbons (Fsp3) is 0.923. The molecular formula is C13H25ClN2O. The van der Waals surface area contributed by atoms with Crippen LogP contribution in [0.5, 0.6) is 0 Å². The third-order valence-corrected chi connectivity index (χ3v) is 4.53. The molecule has 0 spiro atoms. The predicted octanol–water partition coefficient (Wildman–Crippen LogP) is 2.23. The number of carbonyl (C=O) groups is 1. The fourth-order valence-electron chi connectivity index (χ4n) is 3.23. The van der Waals surface area contributed by atoms with Gasteiger partial charge in [-0.3, -0.25) is 4.79 Å². The maximum atomic E-state index is 12.2. The molecule has 2 aliphatic rings. The smallest absolute Gasteiger partial charge is 0.226 e. The van der Waals surface area contributed by atoms with Gasteiger partial charge in [0.25, 0.3) is 0 Å². The SMILES string of the molecule is CC1(C(=O)NC2CCCC2CN)CCCC1.Cl. The molecule has 1 amide bonds. The lowest BCUT2D eigenvalue weighted by Gasteiger charge is -2.27. The van der Waals surface area contributed by atoms with Crippen molar-refractivity contribution in [2.24, 2.45) is 17.1 Å². The van der Waals surface area contributed by atoms with Gasteiger partial charge in [-0.05, 0) is 38.1 Å².